The van der Waals surface area contributed by atoms with Crippen LogP contribution in [0, 0.1) is 0 Å². The summed E-state index contributed by atoms with van der Waals surface area (Å²) in [6.45, 7) is 9.22. The van der Waals surface area contributed by atoms with Gasteiger partial charge in [0.15, 0.2) is 0 Å². The number of benzene rings is 1. The van der Waals surface area contributed by atoms with Gasteiger partial charge in [-0.2, -0.15) is 0 Å². The summed E-state index contributed by atoms with van der Waals surface area (Å²) < 4.78 is 0. The van der Waals surface area contributed by atoms with Gasteiger partial charge >= 0.3 is 0 Å². The van der Waals surface area contributed by atoms with Crippen LogP contribution in [0.15, 0.2) is 30.3 Å². The topological polar surface area (TPSA) is 20.2 Å². The van der Waals surface area contributed by atoms with Crippen molar-refractivity contribution in [3.05, 3.63) is 30.3 Å². The molecule has 0 aliphatic carbocycles. The van der Waals surface area contributed by atoms with Gasteiger partial charge in [0.1, 0.15) is 0 Å². The van der Waals surface area contributed by atoms with Crippen LogP contribution >= 0.6 is 0 Å². The molecule has 19 heavy (non-hydrogen) atoms. The average Bonchev–Trinajstić information content (AvgIpc) is 2.43. The van der Waals surface area contributed by atoms with Crippen LogP contribution in [0.4, 0.5) is 0 Å². The van der Waals surface area contributed by atoms with Gasteiger partial charge in [0.05, 0.1) is 14.2 Å². The lowest BCUT2D eigenvalue weighted by Crippen LogP contribution is -2.48. The molecule has 0 aromatic heterocycles. The highest BCUT2D eigenvalue weighted by molar-refractivity contribution is 6.91. The summed E-state index contributed by atoms with van der Waals surface area (Å²) >= 11 is 0. The molecule has 0 spiro atoms. The molecule has 1 rings (SSSR count). The Bertz CT molecular complexity index is 348. The Kier molecular flexibility index (Phi) is 6.80. The number of hydrogen-bond acceptors (Lipinski definition) is 1. The summed E-state index contributed by atoms with van der Waals surface area (Å²) in [4.78, 5) is 0. The van der Waals surface area contributed by atoms with Crippen molar-refractivity contribution in [3.8, 4) is 0 Å². The molecule has 0 bridgehead atoms. The minimum atomic E-state index is -1.56. The maximum atomic E-state index is 10.4. The van der Waals surface area contributed by atoms with E-state index in [1.807, 2.05) is 0 Å². The molecular weight excluding hydrogens is 248 g/mol. The fourth-order valence-corrected chi connectivity index (χ4v) is 5.35. The molecule has 0 aliphatic rings. The largest absolute Gasteiger partial charge is 0.393 e. The van der Waals surface area contributed by atoms with Crippen LogP contribution in [0.1, 0.15) is 46.0 Å². The second-order valence-electron chi connectivity index (χ2n) is 6.29. The van der Waals surface area contributed by atoms with Gasteiger partial charge < -0.3 is 5.11 Å². The second kappa shape index (κ2) is 7.86. The van der Waals surface area contributed by atoms with E-state index in [0.717, 1.165) is 6.42 Å². The molecule has 0 saturated heterocycles. The predicted octanol–water partition coefficient (Wildman–Crippen LogP) is 4.32. The number of hydrogen-bond donors (Lipinski definition) is 1. The Morgan fingerprint density at radius 2 is 1.68 bits per heavy atom. The molecule has 108 valence electrons. The van der Waals surface area contributed by atoms with Gasteiger partial charge in [-0.1, -0.05) is 88.1 Å². The highest BCUT2D eigenvalue weighted by Gasteiger charge is 2.34. The van der Waals surface area contributed by atoms with Crippen LogP contribution in [0.3, 0.4) is 0 Å². The first-order valence-corrected chi connectivity index (χ1v) is 10.8. The average molecular weight is 279 g/mol. The maximum Gasteiger partial charge on any atom is 0.0859 e. The lowest BCUT2D eigenvalue weighted by molar-refractivity contribution is 0.154. The maximum absolute atomic E-state index is 10.4. The minimum absolute atomic E-state index is 0.140. The van der Waals surface area contributed by atoms with Gasteiger partial charge in [-0.3, -0.25) is 0 Å². The highest BCUT2D eigenvalue weighted by Crippen LogP contribution is 2.27. The molecule has 0 amide bonds. The van der Waals surface area contributed by atoms with E-state index in [1.54, 1.807) is 0 Å². The molecular formula is C17H30OSi. The van der Waals surface area contributed by atoms with Crippen LogP contribution in [0.2, 0.25) is 18.6 Å². The summed E-state index contributed by atoms with van der Waals surface area (Å²) in [5.74, 6) is 0. The standard InChI is InChI=1S/C17H30OSi/c1-5-6-7-11-14-17(18)15(2)19(3,4)16-12-9-8-10-13-16/h8-10,12-13,15,17-18H,5-7,11,14H2,1-4H3. The number of unbranched alkanes of at least 4 members (excludes halogenated alkanes) is 3. The lowest BCUT2D eigenvalue weighted by Gasteiger charge is -2.34. The van der Waals surface area contributed by atoms with Crippen molar-refractivity contribution in [2.45, 2.75) is 70.7 Å². The first kappa shape index (κ1) is 16.5. The van der Waals surface area contributed by atoms with Crippen LogP contribution in [-0.2, 0) is 0 Å². The van der Waals surface area contributed by atoms with Crippen molar-refractivity contribution < 1.29 is 5.11 Å². The van der Waals surface area contributed by atoms with Crippen molar-refractivity contribution in [1.29, 1.82) is 0 Å². The van der Waals surface area contributed by atoms with E-state index in [2.05, 4.69) is 57.3 Å². The van der Waals surface area contributed by atoms with E-state index in [9.17, 15) is 5.11 Å². The van der Waals surface area contributed by atoms with Crippen molar-refractivity contribution in [2.75, 3.05) is 0 Å². The monoisotopic (exact) mass is 278 g/mol. The smallest absolute Gasteiger partial charge is 0.0859 e. The van der Waals surface area contributed by atoms with Crippen molar-refractivity contribution in [2.24, 2.45) is 0 Å². The third-order valence-electron chi connectivity index (χ3n) is 4.59. The molecule has 1 aromatic carbocycles. The van der Waals surface area contributed by atoms with E-state index < -0.39 is 8.07 Å². The van der Waals surface area contributed by atoms with Gasteiger partial charge in [0.2, 0.25) is 0 Å². The molecule has 0 heterocycles. The molecule has 1 aromatic rings. The Morgan fingerprint density at radius 1 is 1.05 bits per heavy atom. The minimum Gasteiger partial charge on any atom is -0.393 e. The molecule has 2 unspecified atom stereocenters. The zero-order valence-corrected chi connectivity index (χ0v) is 14.0. The normalized spacial score (nSPS) is 15.2. The van der Waals surface area contributed by atoms with Gasteiger partial charge in [0.25, 0.3) is 0 Å². The zero-order valence-electron chi connectivity index (χ0n) is 13.0. The molecule has 0 aliphatic heterocycles. The van der Waals surface area contributed by atoms with Gasteiger partial charge in [-0.15, -0.1) is 0 Å². The summed E-state index contributed by atoms with van der Waals surface area (Å²) in [7, 11) is -1.56. The molecule has 0 saturated carbocycles. The van der Waals surface area contributed by atoms with Crippen LogP contribution in [-0.4, -0.2) is 19.3 Å². The lowest BCUT2D eigenvalue weighted by atomic mass is 10.1. The number of aliphatic hydroxyl groups is 1. The van der Waals surface area contributed by atoms with Gasteiger partial charge in [0, 0.05) is 0 Å². The van der Waals surface area contributed by atoms with Gasteiger partial charge in [-0.05, 0) is 12.0 Å². The quantitative estimate of drug-likeness (QED) is 0.554. The third-order valence-corrected chi connectivity index (χ3v) is 9.07. The van der Waals surface area contributed by atoms with Crippen LogP contribution < -0.4 is 5.19 Å². The summed E-state index contributed by atoms with van der Waals surface area (Å²) in [6, 6.07) is 10.8. The molecule has 0 fully saturated rings. The van der Waals surface area contributed by atoms with E-state index in [0.29, 0.717) is 5.54 Å². The van der Waals surface area contributed by atoms with Crippen molar-refractivity contribution >= 4 is 13.3 Å². The highest BCUT2D eigenvalue weighted by atomic mass is 28.3. The molecule has 0 radical (unpaired) electrons. The van der Waals surface area contributed by atoms with E-state index in [4.69, 9.17) is 0 Å². The predicted molar refractivity (Wildman–Crippen MR) is 87.7 cm³/mol. The molecule has 1 N–H and O–H groups in total. The fourth-order valence-electron chi connectivity index (χ4n) is 2.64. The summed E-state index contributed by atoms with van der Waals surface area (Å²) in [5.41, 5.74) is 0.413. The number of rotatable bonds is 8. The first-order valence-electron chi connectivity index (χ1n) is 7.73. The molecule has 2 atom stereocenters. The fraction of sp³-hybridized carbons (Fsp3) is 0.647. The third kappa shape index (κ3) is 4.77. The number of aliphatic hydroxyl groups excluding tert-OH is 1. The Labute approximate surface area is 120 Å². The zero-order chi connectivity index (χ0) is 14.3. The Balaban J connectivity index is 2.57. The Hall–Kier alpha value is -0.603. The van der Waals surface area contributed by atoms with E-state index >= 15 is 0 Å². The summed E-state index contributed by atoms with van der Waals surface area (Å²) in [5, 5.41) is 11.9. The Morgan fingerprint density at radius 3 is 2.26 bits per heavy atom. The van der Waals surface area contributed by atoms with Crippen molar-refractivity contribution in [1.82, 2.24) is 0 Å². The van der Waals surface area contributed by atoms with Crippen molar-refractivity contribution in [3.63, 3.8) is 0 Å². The van der Waals surface area contributed by atoms with E-state index in [-0.39, 0.29) is 6.10 Å². The SMILES string of the molecule is CCCCCCC(O)C(C)[Si](C)(C)c1ccccc1. The van der Waals surface area contributed by atoms with Crippen LogP contribution in [0.25, 0.3) is 0 Å². The van der Waals surface area contributed by atoms with Gasteiger partial charge in [-0.25, -0.2) is 0 Å². The first-order chi connectivity index (χ1) is 9.00. The molecule has 1 nitrogen and oxygen atoms in total. The van der Waals surface area contributed by atoms with E-state index in [1.165, 1.54) is 30.9 Å². The van der Waals surface area contributed by atoms with Crippen LogP contribution in [0.5, 0.6) is 0 Å². The summed E-state index contributed by atoms with van der Waals surface area (Å²) in [6.07, 6.45) is 5.80. The second-order valence-corrected chi connectivity index (χ2v) is 11.2. The molecule has 2 heteroatoms.